The molecule has 6 heteroatoms. The Kier molecular flexibility index (Phi) is 5.04. The third kappa shape index (κ3) is 3.25. The number of nitrogens with zero attached hydrogens (tertiary/aromatic N) is 2. The normalized spacial score (nSPS) is 25.3. The lowest BCUT2D eigenvalue weighted by atomic mass is 9.70. The first kappa shape index (κ1) is 20.5. The minimum absolute atomic E-state index is 0.177. The predicted molar refractivity (Wildman–Crippen MR) is 119 cm³/mol. The summed E-state index contributed by atoms with van der Waals surface area (Å²) in [4.78, 5) is 26.4. The first-order valence-electron chi connectivity index (χ1n) is 11.3. The Morgan fingerprint density at radius 2 is 2.03 bits per heavy atom. The topological polar surface area (TPSA) is 72.2 Å². The van der Waals surface area contributed by atoms with Crippen molar-refractivity contribution in [2.24, 2.45) is 0 Å². The molecule has 162 valence electrons. The highest BCUT2D eigenvalue weighted by Crippen LogP contribution is 2.46. The van der Waals surface area contributed by atoms with Gasteiger partial charge in [0.05, 0.1) is 22.0 Å². The molecule has 0 aliphatic heterocycles. The Balaban J connectivity index is 1.70. The SMILES string of the molecule is CC1CCCc2c1c([C@@]1(C(=O)O)CC=CCC1)nn2C(=O)c1c(Cl)cccc1C1CC1. The van der Waals surface area contributed by atoms with Gasteiger partial charge in [0.25, 0.3) is 5.91 Å². The van der Waals surface area contributed by atoms with Gasteiger partial charge in [-0.2, -0.15) is 5.10 Å². The number of benzene rings is 1. The van der Waals surface area contributed by atoms with E-state index in [9.17, 15) is 14.7 Å². The molecule has 0 bridgehead atoms. The molecule has 1 saturated carbocycles. The van der Waals surface area contributed by atoms with E-state index < -0.39 is 11.4 Å². The van der Waals surface area contributed by atoms with Gasteiger partial charge in [0.2, 0.25) is 0 Å². The first-order valence-corrected chi connectivity index (χ1v) is 11.7. The summed E-state index contributed by atoms with van der Waals surface area (Å²) >= 11 is 6.53. The molecular formula is C25H27ClN2O3. The molecular weight excluding hydrogens is 412 g/mol. The lowest BCUT2D eigenvalue weighted by Crippen LogP contribution is -2.38. The molecule has 1 heterocycles. The van der Waals surface area contributed by atoms with Crippen LogP contribution < -0.4 is 0 Å². The number of allylic oxidation sites excluding steroid dienone is 2. The second kappa shape index (κ2) is 7.63. The number of carbonyl (C=O) groups is 2. The van der Waals surface area contributed by atoms with Gasteiger partial charge in [-0.15, -0.1) is 0 Å². The summed E-state index contributed by atoms with van der Waals surface area (Å²) in [5, 5.41) is 15.5. The van der Waals surface area contributed by atoms with E-state index in [0.29, 0.717) is 41.5 Å². The van der Waals surface area contributed by atoms with E-state index in [1.165, 1.54) is 4.68 Å². The average Bonchev–Trinajstić information content (AvgIpc) is 3.53. The van der Waals surface area contributed by atoms with Crippen LogP contribution in [-0.4, -0.2) is 26.8 Å². The minimum Gasteiger partial charge on any atom is -0.481 e. The molecule has 1 fully saturated rings. The molecule has 1 aromatic heterocycles. The van der Waals surface area contributed by atoms with Crippen LogP contribution in [0.4, 0.5) is 0 Å². The Hall–Kier alpha value is -2.40. The monoisotopic (exact) mass is 438 g/mol. The van der Waals surface area contributed by atoms with Crippen LogP contribution in [0, 0.1) is 0 Å². The van der Waals surface area contributed by atoms with Gasteiger partial charge in [-0.25, -0.2) is 4.68 Å². The summed E-state index contributed by atoms with van der Waals surface area (Å²) in [6.07, 6.45) is 10.4. The molecule has 2 aromatic rings. The number of fused-ring (bicyclic) bond motifs is 1. The van der Waals surface area contributed by atoms with E-state index in [4.69, 9.17) is 16.7 Å². The van der Waals surface area contributed by atoms with Crippen LogP contribution in [0.5, 0.6) is 0 Å². The summed E-state index contributed by atoms with van der Waals surface area (Å²) in [5.41, 5.74) is 2.86. The Labute approximate surface area is 187 Å². The molecule has 0 spiro atoms. The van der Waals surface area contributed by atoms with E-state index in [2.05, 4.69) is 6.92 Å². The van der Waals surface area contributed by atoms with Crippen LogP contribution in [-0.2, 0) is 16.6 Å². The van der Waals surface area contributed by atoms with Gasteiger partial charge in [-0.3, -0.25) is 9.59 Å². The van der Waals surface area contributed by atoms with Crippen molar-refractivity contribution < 1.29 is 14.7 Å². The lowest BCUT2D eigenvalue weighted by molar-refractivity contribution is -0.144. The third-order valence-electron chi connectivity index (χ3n) is 7.27. The van der Waals surface area contributed by atoms with Gasteiger partial charge in [0.1, 0.15) is 5.41 Å². The van der Waals surface area contributed by atoms with Gasteiger partial charge in [0.15, 0.2) is 0 Å². The molecule has 0 saturated heterocycles. The van der Waals surface area contributed by atoms with Crippen molar-refractivity contribution in [2.75, 3.05) is 0 Å². The molecule has 1 N–H and O–H groups in total. The number of carboxylic acid groups (broad SMARTS) is 1. The number of carboxylic acids is 1. The maximum Gasteiger partial charge on any atom is 0.316 e. The van der Waals surface area contributed by atoms with Crippen LogP contribution >= 0.6 is 11.6 Å². The van der Waals surface area contributed by atoms with Crippen LogP contribution in [0.25, 0.3) is 0 Å². The zero-order valence-electron chi connectivity index (χ0n) is 17.7. The second-order valence-corrected chi connectivity index (χ2v) is 9.71. The maximum atomic E-state index is 13.8. The molecule has 1 aromatic carbocycles. The number of aromatic nitrogens is 2. The van der Waals surface area contributed by atoms with E-state index >= 15 is 0 Å². The number of rotatable bonds is 4. The third-order valence-corrected chi connectivity index (χ3v) is 7.58. The smallest absolute Gasteiger partial charge is 0.316 e. The zero-order chi connectivity index (χ0) is 21.8. The molecule has 5 rings (SSSR count). The summed E-state index contributed by atoms with van der Waals surface area (Å²) in [6.45, 7) is 2.12. The maximum absolute atomic E-state index is 13.8. The molecule has 2 atom stereocenters. The van der Waals surface area contributed by atoms with Crippen molar-refractivity contribution in [3.63, 3.8) is 0 Å². The van der Waals surface area contributed by atoms with Gasteiger partial charge in [-0.05, 0) is 74.8 Å². The van der Waals surface area contributed by atoms with Crippen LogP contribution in [0.2, 0.25) is 5.02 Å². The lowest BCUT2D eigenvalue weighted by Gasteiger charge is -2.31. The van der Waals surface area contributed by atoms with Gasteiger partial charge < -0.3 is 5.11 Å². The molecule has 0 radical (unpaired) electrons. The van der Waals surface area contributed by atoms with Crippen molar-refractivity contribution in [2.45, 2.75) is 75.5 Å². The fraction of sp³-hybridized carbons (Fsp3) is 0.480. The van der Waals surface area contributed by atoms with Gasteiger partial charge >= 0.3 is 5.97 Å². The van der Waals surface area contributed by atoms with Crippen LogP contribution in [0.3, 0.4) is 0 Å². The zero-order valence-corrected chi connectivity index (χ0v) is 18.5. The number of hydrogen-bond donors (Lipinski definition) is 1. The molecule has 3 aliphatic rings. The fourth-order valence-corrected chi connectivity index (χ4v) is 5.68. The fourth-order valence-electron chi connectivity index (χ4n) is 5.42. The summed E-state index contributed by atoms with van der Waals surface area (Å²) in [7, 11) is 0. The summed E-state index contributed by atoms with van der Waals surface area (Å²) in [5.74, 6) is -0.533. The summed E-state index contributed by atoms with van der Waals surface area (Å²) < 4.78 is 1.50. The number of carbonyl (C=O) groups excluding carboxylic acids is 1. The number of halogens is 1. The highest BCUT2D eigenvalue weighted by Gasteiger charge is 2.47. The quantitative estimate of drug-likeness (QED) is 0.630. The van der Waals surface area contributed by atoms with Crippen molar-refractivity contribution in [3.05, 3.63) is 63.5 Å². The van der Waals surface area contributed by atoms with Gasteiger partial charge in [-0.1, -0.05) is 42.8 Å². The first-order chi connectivity index (χ1) is 14.9. The Morgan fingerprint density at radius 1 is 1.23 bits per heavy atom. The van der Waals surface area contributed by atoms with E-state index in [-0.39, 0.29) is 11.8 Å². The van der Waals surface area contributed by atoms with Crippen LogP contribution in [0.1, 0.15) is 96.6 Å². The minimum atomic E-state index is -1.07. The largest absolute Gasteiger partial charge is 0.481 e. The Bertz CT molecular complexity index is 1100. The molecule has 5 nitrogen and oxygen atoms in total. The number of aliphatic carboxylic acids is 1. The predicted octanol–water partition coefficient (Wildman–Crippen LogP) is 5.60. The highest BCUT2D eigenvalue weighted by molar-refractivity contribution is 6.34. The Morgan fingerprint density at radius 3 is 2.71 bits per heavy atom. The van der Waals surface area contributed by atoms with Crippen molar-refractivity contribution in [1.82, 2.24) is 9.78 Å². The van der Waals surface area contributed by atoms with Crippen LogP contribution in [0.15, 0.2) is 30.4 Å². The second-order valence-electron chi connectivity index (χ2n) is 9.30. The molecule has 31 heavy (non-hydrogen) atoms. The van der Waals surface area contributed by atoms with E-state index in [1.807, 2.05) is 24.3 Å². The average molecular weight is 439 g/mol. The standard InChI is InChI=1S/C25H27ClN2O3/c1-15-7-5-10-19-20(15)22(25(24(30)31)13-3-2-4-14-25)27-28(19)23(29)21-17(16-11-12-16)8-6-9-18(21)26/h2-3,6,8-9,15-16H,4-5,7,10-14H2,1H3,(H,30,31)/t15?,25-/m1/s1. The molecule has 0 amide bonds. The van der Waals surface area contributed by atoms with Crippen molar-refractivity contribution >= 4 is 23.5 Å². The molecule has 3 aliphatic carbocycles. The van der Waals surface area contributed by atoms with E-state index in [1.54, 1.807) is 6.07 Å². The van der Waals surface area contributed by atoms with Crippen molar-refractivity contribution in [1.29, 1.82) is 0 Å². The highest BCUT2D eigenvalue weighted by atomic mass is 35.5. The molecule has 1 unspecified atom stereocenters. The van der Waals surface area contributed by atoms with Gasteiger partial charge in [0, 0.05) is 5.56 Å². The number of hydrogen-bond acceptors (Lipinski definition) is 3. The van der Waals surface area contributed by atoms with E-state index in [0.717, 1.165) is 48.9 Å². The van der Waals surface area contributed by atoms with Crippen molar-refractivity contribution in [3.8, 4) is 0 Å². The summed E-state index contributed by atoms with van der Waals surface area (Å²) in [6, 6.07) is 5.64.